The van der Waals surface area contributed by atoms with Crippen LogP contribution in [-0.4, -0.2) is 21.1 Å². The van der Waals surface area contributed by atoms with E-state index in [1.807, 2.05) is 0 Å². The summed E-state index contributed by atoms with van der Waals surface area (Å²) in [7, 11) is -3.87. The lowest BCUT2D eigenvalue weighted by molar-refractivity contribution is 1.28. The van der Waals surface area contributed by atoms with Crippen molar-refractivity contribution >= 4 is 64.9 Å². The van der Waals surface area contributed by atoms with Gasteiger partial charge in [0, 0.05) is 28.0 Å². The largest absolute Gasteiger partial charge is 0.311 e. The van der Waals surface area contributed by atoms with Crippen molar-refractivity contribution in [3.63, 3.8) is 0 Å². The van der Waals surface area contributed by atoms with E-state index in [1.165, 1.54) is 48.8 Å². The molecule has 3 heterocycles. The molecule has 0 spiro atoms. The Labute approximate surface area is 208 Å². The summed E-state index contributed by atoms with van der Waals surface area (Å²) in [5, 5.41) is 7.29. The van der Waals surface area contributed by atoms with Gasteiger partial charge in [-0.1, -0.05) is 99.0 Å². The molecule has 35 heavy (non-hydrogen) atoms. The highest BCUT2D eigenvalue weighted by Gasteiger charge is 2.47. The van der Waals surface area contributed by atoms with Gasteiger partial charge >= 0.3 is 0 Å². The molecular formula is C31H28N2Si2. The highest BCUT2D eigenvalue weighted by Crippen LogP contribution is 2.42. The Bertz CT molecular complexity index is 1590. The lowest BCUT2D eigenvalue weighted by Crippen LogP contribution is -2.66. The van der Waals surface area contributed by atoms with Crippen molar-refractivity contribution in [1.82, 2.24) is 4.98 Å². The Kier molecular flexibility index (Phi) is 4.19. The average Bonchev–Trinajstić information content (AvgIpc) is 2.88. The van der Waals surface area contributed by atoms with Gasteiger partial charge in [0.1, 0.15) is 16.1 Å². The Balaban J connectivity index is 1.58. The fraction of sp³-hybridized carbons (Fsp3) is 0.129. The van der Waals surface area contributed by atoms with Gasteiger partial charge in [0.15, 0.2) is 0 Å². The monoisotopic (exact) mass is 484 g/mol. The molecular weight excluding hydrogens is 457 g/mol. The highest BCUT2D eigenvalue weighted by molar-refractivity contribution is 7.07. The molecule has 0 amide bonds. The minimum atomic E-state index is -1.94. The van der Waals surface area contributed by atoms with Crippen molar-refractivity contribution in [3.05, 3.63) is 97.1 Å². The topological polar surface area (TPSA) is 16.1 Å². The van der Waals surface area contributed by atoms with Crippen molar-refractivity contribution in [1.29, 1.82) is 0 Å². The van der Waals surface area contributed by atoms with Crippen LogP contribution in [0.4, 0.5) is 17.1 Å². The lowest BCUT2D eigenvalue weighted by Gasteiger charge is -2.48. The molecule has 5 aromatic rings. The number of hydrogen-bond donors (Lipinski definition) is 0. The second-order valence-corrected chi connectivity index (χ2v) is 19.6. The normalized spacial score (nSPS) is 16.4. The van der Waals surface area contributed by atoms with Crippen molar-refractivity contribution in [2.24, 2.45) is 0 Å². The number of hydrogen-bond acceptors (Lipinski definition) is 2. The van der Waals surface area contributed by atoms with E-state index in [9.17, 15) is 0 Å². The maximum absolute atomic E-state index is 5.11. The van der Waals surface area contributed by atoms with Crippen LogP contribution in [0.5, 0.6) is 0 Å². The first-order valence-electron chi connectivity index (χ1n) is 12.4. The molecule has 7 rings (SSSR count). The van der Waals surface area contributed by atoms with E-state index in [2.05, 4.69) is 128 Å². The Morgan fingerprint density at radius 2 is 1.11 bits per heavy atom. The average molecular weight is 485 g/mol. The summed E-state index contributed by atoms with van der Waals surface area (Å²) in [5.74, 6) is 0. The van der Waals surface area contributed by atoms with E-state index in [-0.39, 0.29) is 0 Å². The van der Waals surface area contributed by atoms with Gasteiger partial charge in [0.2, 0.25) is 0 Å². The first-order valence-corrected chi connectivity index (χ1v) is 18.4. The summed E-state index contributed by atoms with van der Waals surface area (Å²) in [6.45, 7) is 10.1. The SMILES string of the molecule is C[Si]1(C)c2ccccc2N2c3ccccc3[Si](C)(C)c3cc(-c4ccc5ccccc5n4)cc1c32. The smallest absolute Gasteiger partial charge is 0.117 e. The van der Waals surface area contributed by atoms with Crippen molar-refractivity contribution in [3.8, 4) is 11.3 Å². The van der Waals surface area contributed by atoms with E-state index in [1.54, 1.807) is 0 Å². The summed E-state index contributed by atoms with van der Waals surface area (Å²) in [4.78, 5) is 7.68. The molecule has 0 unspecified atom stereocenters. The molecule has 170 valence electrons. The molecule has 0 aliphatic carbocycles. The van der Waals surface area contributed by atoms with Gasteiger partial charge in [0.05, 0.1) is 11.2 Å². The van der Waals surface area contributed by atoms with Crippen molar-refractivity contribution in [2.45, 2.75) is 26.2 Å². The minimum Gasteiger partial charge on any atom is -0.311 e. The number of pyridine rings is 1. The van der Waals surface area contributed by atoms with Crippen LogP contribution in [0.1, 0.15) is 0 Å². The summed E-state index contributed by atoms with van der Waals surface area (Å²) in [6, 6.07) is 36.0. The van der Waals surface area contributed by atoms with E-state index >= 15 is 0 Å². The molecule has 0 saturated heterocycles. The van der Waals surface area contributed by atoms with Crippen LogP contribution < -0.4 is 25.6 Å². The minimum absolute atomic E-state index is 1.06. The van der Waals surface area contributed by atoms with E-state index in [0.29, 0.717) is 0 Å². The summed E-state index contributed by atoms with van der Waals surface area (Å²) in [5.41, 5.74) is 7.57. The molecule has 2 nitrogen and oxygen atoms in total. The fourth-order valence-electron chi connectivity index (χ4n) is 6.26. The van der Waals surface area contributed by atoms with Crippen LogP contribution in [0.15, 0.2) is 97.1 Å². The maximum Gasteiger partial charge on any atom is 0.117 e. The Morgan fingerprint density at radius 3 is 1.74 bits per heavy atom. The van der Waals surface area contributed by atoms with Crippen LogP contribution in [0, 0.1) is 0 Å². The van der Waals surface area contributed by atoms with Gasteiger partial charge in [-0.2, -0.15) is 0 Å². The summed E-state index contributed by atoms with van der Waals surface area (Å²) < 4.78 is 0. The summed E-state index contributed by atoms with van der Waals surface area (Å²) in [6.07, 6.45) is 0. The quantitative estimate of drug-likeness (QED) is 0.286. The lowest BCUT2D eigenvalue weighted by atomic mass is 10.1. The molecule has 2 aliphatic heterocycles. The molecule has 0 bridgehead atoms. The zero-order chi connectivity index (χ0) is 23.9. The van der Waals surface area contributed by atoms with E-state index < -0.39 is 16.1 Å². The van der Waals surface area contributed by atoms with Gasteiger partial charge in [-0.25, -0.2) is 4.98 Å². The van der Waals surface area contributed by atoms with Crippen molar-refractivity contribution < 1.29 is 0 Å². The second kappa shape index (κ2) is 7.03. The molecule has 0 fully saturated rings. The van der Waals surface area contributed by atoms with Crippen LogP contribution in [0.25, 0.3) is 22.2 Å². The number of benzene rings is 4. The first kappa shape index (κ1) is 20.9. The number of anilines is 3. The van der Waals surface area contributed by atoms with Gasteiger partial charge in [-0.3, -0.25) is 0 Å². The Hall–Kier alpha value is -3.48. The first-order chi connectivity index (χ1) is 16.9. The predicted molar refractivity (Wildman–Crippen MR) is 155 cm³/mol. The zero-order valence-electron chi connectivity index (χ0n) is 20.6. The predicted octanol–water partition coefficient (Wildman–Crippen LogP) is 5.64. The number of para-hydroxylation sites is 3. The number of nitrogens with zero attached hydrogens (tertiary/aromatic N) is 2. The van der Waals surface area contributed by atoms with Crippen LogP contribution >= 0.6 is 0 Å². The number of aromatic nitrogens is 1. The van der Waals surface area contributed by atoms with Gasteiger partial charge < -0.3 is 4.90 Å². The van der Waals surface area contributed by atoms with E-state index in [4.69, 9.17) is 4.98 Å². The third-order valence-corrected chi connectivity index (χ3v) is 15.2. The number of fused-ring (bicyclic) bond motifs is 5. The third-order valence-electron chi connectivity index (χ3n) is 8.21. The third kappa shape index (κ3) is 2.78. The van der Waals surface area contributed by atoms with Crippen molar-refractivity contribution in [2.75, 3.05) is 4.90 Å². The van der Waals surface area contributed by atoms with Crippen LogP contribution in [-0.2, 0) is 0 Å². The maximum atomic E-state index is 5.11. The molecule has 1 aromatic heterocycles. The molecule has 2 aliphatic rings. The molecule has 0 saturated carbocycles. The molecule has 4 heteroatoms. The Morgan fingerprint density at radius 1 is 0.571 bits per heavy atom. The van der Waals surface area contributed by atoms with E-state index in [0.717, 1.165) is 11.2 Å². The summed E-state index contributed by atoms with van der Waals surface area (Å²) >= 11 is 0. The van der Waals surface area contributed by atoms with Gasteiger partial charge in [0.25, 0.3) is 0 Å². The van der Waals surface area contributed by atoms with Crippen LogP contribution in [0.3, 0.4) is 0 Å². The second-order valence-electron chi connectivity index (χ2n) is 10.9. The fourth-order valence-corrected chi connectivity index (χ4v) is 12.4. The zero-order valence-corrected chi connectivity index (χ0v) is 22.6. The number of rotatable bonds is 1. The molecule has 0 N–H and O–H groups in total. The molecule has 4 aromatic carbocycles. The molecule has 0 atom stereocenters. The van der Waals surface area contributed by atoms with Gasteiger partial charge in [-0.05, 0) is 45.0 Å². The molecule has 0 radical (unpaired) electrons. The van der Waals surface area contributed by atoms with Gasteiger partial charge in [-0.15, -0.1) is 0 Å². The van der Waals surface area contributed by atoms with Crippen LogP contribution in [0.2, 0.25) is 26.2 Å². The highest BCUT2D eigenvalue weighted by atomic mass is 28.3. The standard InChI is InChI=1S/C31H28N2Si2/c1-34(2)27-15-9-7-13-25(27)33-26-14-8-10-16-28(26)35(3,4)30-20-22(19-29(34)31(30)33)24-18-17-21-11-5-6-12-23(21)32-24/h5-20H,1-4H3.